The van der Waals surface area contributed by atoms with Crippen LogP contribution in [0.15, 0.2) is 152 Å². The van der Waals surface area contributed by atoms with Crippen LogP contribution in [0.2, 0.25) is 38.3 Å². The molecule has 117 heavy (non-hydrogen) atoms. The summed E-state index contributed by atoms with van der Waals surface area (Å²) in [4.78, 5) is 127. The number of carbonyl (C=O) groups excluding carboxylic acids is 5. The van der Waals surface area contributed by atoms with E-state index in [9.17, 15) is 53.7 Å². The molecule has 0 radical (unpaired) electrons. The number of benzene rings is 8. The average molecular weight is 1650 g/mol. The molecule has 0 aliphatic heterocycles. The molecule has 0 heterocycles. The topological polar surface area (TPSA) is 425 Å². The molecule has 0 spiro atoms. The van der Waals surface area contributed by atoms with Gasteiger partial charge in [0, 0.05) is 44.7 Å². The van der Waals surface area contributed by atoms with Gasteiger partial charge in [0.1, 0.15) is 33.0 Å². The van der Waals surface area contributed by atoms with Gasteiger partial charge in [0.25, 0.3) is 17.7 Å². The summed E-state index contributed by atoms with van der Waals surface area (Å²) >= 11 is 0. The predicted molar refractivity (Wildman–Crippen MR) is 448 cm³/mol. The summed E-state index contributed by atoms with van der Waals surface area (Å²) in [5.74, 6) is -5.95. The average Bonchev–Trinajstić information content (AvgIpc) is 0.808. The summed E-state index contributed by atoms with van der Waals surface area (Å²) in [6.45, 7) is 23.0. The Morgan fingerprint density at radius 2 is 0.769 bits per heavy atom. The van der Waals surface area contributed by atoms with E-state index in [1.807, 2.05) is 51.1 Å². The van der Waals surface area contributed by atoms with Crippen LogP contribution in [0.3, 0.4) is 0 Å². The molecule has 8 rings (SSSR count). The molecule has 8 aromatic carbocycles. The number of aromatic carboxylic acids is 3. The van der Waals surface area contributed by atoms with Gasteiger partial charge in [0.2, 0.25) is 0 Å². The molecule has 0 unspecified atom stereocenters. The number of hydrogen-bond acceptors (Lipinski definition) is 23. The first kappa shape index (κ1) is 96.8. The van der Waals surface area contributed by atoms with Gasteiger partial charge in [0.15, 0.2) is 16.6 Å². The number of aryl methyl sites for hydroxylation is 2. The van der Waals surface area contributed by atoms with Crippen molar-refractivity contribution in [3.8, 4) is 33.4 Å². The lowest BCUT2D eigenvalue weighted by molar-refractivity contribution is -0.253. The lowest BCUT2D eigenvalue weighted by Gasteiger charge is -2.34. The number of amides is 4. The summed E-state index contributed by atoms with van der Waals surface area (Å²) in [5, 5.41) is 66.6. The zero-order valence-electron chi connectivity index (χ0n) is 68.5. The number of unbranched alkanes of at least 4 members (excludes halogenated alkanes) is 1. The van der Waals surface area contributed by atoms with Crippen molar-refractivity contribution in [1.29, 1.82) is 0 Å². The second-order valence-corrected chi connectivity index (χ2v) is 36.8. The van der Waals surface area contributed by atoms with E-state index in [4.69, 9.17) is 43.9 Å². The fraction of sp³-hybridized carbons (Fsp3) is 0.341. The number of carboxylic acids is 3. The quantitative estimate of drug-likeness (QED) is 0.00558. The molecular formula is C85H109N7O23Si2. The van der Waals surface area contributed by atoms with E-state index < -0.39 is 64.3 Å². The minimum atomic E-state index is -1.87. The molecule has 0 aromatic heterocycles. The summed E-state index contributed by atoms with van der Waals surface area (Å²) in [6.07, 6.45) is 2.35. The van der Waals surface area contributed by atoms with Crippen LogP contribution in [-0.2, 0) is 87.2 Å². The maximum atomic E-state index is 13.4. The normalized spacial score (nSPS) is 11.0. The van der Waals surface area contributed by atoms with Crippen LogP contribution in [0, 0.1) is 19.8 Å². The van der Waals surface area contributed by atoms with E-state index in [0.717, 1.165) is 57.5 Å². The van der Waals surface area contributed by atoms with E-state index in [-0.39, 0.29) is 92.2 Å². The molecule has 8 aromatic rings. The van der Waals surface area contributed by atoms with Crippen LogP contribution < -0.4 is 37.7 Å². The van der Waals surface area contributed by atoms with Crippen molar-refractivity contribution < 1.29 is 112 Å². The van der Waals surface area contributed by atoms with Gasteiger partial charge in [-0.25, -0.2) is 50.3 Å². The predicted octanol–water partition coefficient (Wildman–Crippen LogP) is 16.3. The fourth-order valence-electron chi connectivity index (χ4n) is 12.1. The van der Waals surface area contributed by atoms with E-state index in [1.54, 1.807) is 133 Å². The number of esters is 1. The van der Waals surface area contributed by atoms with Crippen LogP contribution >= 0.6 is 0 Å². The zero-order valence-corrected chi connectivity index (χ0v) is 70.5. The number of hydrogen-bond donors (Lipinski definition) is 13. The van der Waals surface area contributed by atoms with Crippen molar-refractivity contribution >= 4 is 81.4 Å². The molecule has 30 nitrogen and oxygen atoms in total. The molecular weight excluding hydrogens is 1540 g/mol. The lowest BCUT2D eigenvalue weighted by atomic mass is 9.95. The van der Waals surface area contributed by atoms with E-state index in [1.165, 1.54) is 43.2 Å². The van der Waals surface area contributed by atoms with Crippen LogP contribution in [0.5, 0.6) is 0 Å². The lowest BCUT2D eigenvalue weighted by Crippen LogP contribution is -2.44. The van der Waals surface area contributed by atoms with Gasteiger partial charge in [-0.3, -0.25) is 54.8 Å². The minimum absolute atomic E-state index is 0.00256. The number of nitrogens with one attached hydrogen (secondary N) is 7. The number of rotatable bonds is 40. The fourth-order valence-corrected chi connectivity index (χ4v) is 21.1. The first-order valence-electron chi connectivity index (χ1n) is 37.9. The molecule has 0 aliphatic rings. The first-order chi connectivity index (χ1) is 55.9. The highest BCUT2D eigenvalue weighted by atomic mass is 28.4. The third-order valence-electron chi connectivity index (χ3n) is 17.7. The zero-order chi connectivity index (χ0) is 86.4. The number of anilines is 3. The summed E-state index contributed by atoms with van der Waals surface area (Å²) in [6, 6.07) is 44.0. The highest BCUT2D eigenvalue weighted by Gasteiger charge is 2.33. The molecule has 13 N–H and O–H groups in total. The molecule has 32 heteroatoms. The number of hydroxylamine groups is 3. The Bertz CT molecular complexity index is 4660. The summed E-state index contributed by atoms with van der Waals surface area (Å²) in [5.41, 5.74) is 18.9. The maximum Gasteiger partial charge on any atom is 0.411 e. The largest absolute Gasteiger partial charge is 0.478 e. The second-order valence-electron chi connectivity index (χ2n) is 28.0. The molecule has 0 atom stereocenters. The third kappa shape index (κ3) is 31.7. The molecule has 630 valence electrons. The van der Waals surface area contributed by atoms with Crippen molar-refractivity contribution in [2.45, 2.75) is 146 Å². The minimum Gasteiger partial charge on any atom is -0.478 e. The first-order valence-corrected chi connectivity index (χ1v) is 44.1. The Hall–Kier alpha value is -10.8. The van der Waals surface area contributed by atoms with Crippen molar-refractivity contribution in [3.05, 3.63) is 230 Å². The van der Waals surface area contributed by atoms with Crippen molar-refractivity contribution in [2.75, 3.05) is 56.9 Å². The van der Waals surface area contributed by atoms with Gasteiger partial charge in [-0.15, -0.1) is 0 Å². The molecule has 0 fully saturated rings. The summed E-state index contributed by atoms with van der Waals surface area (Å²) < 4.78 is 16.7. The van der Waals surface area contributed by atoms with Crippen LogP contribution in [0.1, 0.15) is 161 Å². The second kappa shape index (κ2) is 49.3. The van der Waals surface area contributed by atoms with Gasteiger partial charge >= 0.3 is 30.0 Å². The monoisotopic (exact) mass is 1650 g/mol. The highest BCUT2D eigenvalue weighted by molar-refractivity contribution is 6.84. The van der Waals surface area contributed by atoms with E-state index >= 15 is 0 Å². The van der Waals surface area contributed by atoms with Crippen molar-refractivity contribution in [3.63, 3.8) is 0 Å². The molecule has 0 bridgehead atoms. The number of ether oxygens (including phenoxy) is 2. The molecule has 0 aliphatic carbocycles. The van der Waals surface area contributed by atoms with Gasteiger partial charge in [-0.05, 0) is 221 Å². The van der Waals surface area contributed by atoms with E-state index in [0.29, 0.717) is 62.6 Å². The number of carboxylic acid groups (broad SMARTS) is 3. The Morgan fingerprint density at radius 1 is 0.402 bits per heavy atom. The highest BCUT2D eigenvalue weighted by Crippen LogP contribution is 2.32. The van der Waals surface area contributed by atoms with E-state index in [2.05, 4.69) is 85.5 Å². The van der Waals surface area contributed by atoms with Crippen LogP contribution in [-0.4, -0.2) is 136 Å². The standard InChI is InChI=1S/C31H35N3O10.C28H44N2O7Si2.C24H24N2O6.C2H6/c1-18(2)30(38)41-9-10-42-31(39)34-25-12-19(3)11-24(15-25)33-28(35)27-14-21(7-8-26(27)29(36)37)20-5-6-22(17-44-40)23(13-20)16-43-32-4;1-7-8-15-38(3,4)37-39(5,6)16-9-14-30-27(31)26-18-22(12-13-25(26)28(32)33)21-10-11-23(20-36-34)24(17-21)19-35-29-2;1-15-4-3-5-20(10-15)26-23(27)22-12-17(8-9-21(22)24(28)29)16-6-7-18(14-32-30)19(11-16)13-31-25-2;1-2/h5-8,11-15,18,32,40H,9-10,16-17H2,1-4H3,(H,33,35)(H,34,39)(H,36,37);10-13,17-18,29,34H,7-9,14-16,19-20H2,1-6H3,(H,30,31)(H,32,33);3-12,25,30H,13-14H2,1-2H3,(H,26,27)(H,28,29);1-2H3. The van der Waals surface area contributed by atoms with Crippen LogP contribution in [0.25, 0.3) is 33.4 Å². The molecule has 0 saturated heterocycles. The Labute approximate surface area is 683 Å². The SMILES string of the molecule is CC.CCCC[Si](C)(C)O[Si](C)(C)CCCNC(=O)c1cc(-c2ccc(COO)c(CONC)c2)ccc1C(=O)O.CNOCc1cc(-c2ccc(C(=O)O)c(C(=O)Nc3cc(C)cc(NC(=O)OCCOC(=O)C(C)C)c3)c2)ccc1COO.CNOCc1cc(-c2ccc(C(=O)O)c(C(=O)Nc3cccc(C)c3)c2)ccc1COO. The Morgan fingerprint density at radius 3 is 1.15 bits per heavy atom. The van der Waals surface area contributed by atoms with Crippen LogP contribution in [0.4, 0.5) is 21.9 Å². The third-order valence-corrected chi connectivity index (χ3v) is 25.2. The van der Waals surface area contributed by atoms with Gasteiger partial charge in [-0.2, -0.15) is 0 Å². The van der Waals surface area contributed by atoms with Gasteiger partial charge in [0.05, 0.1) is 59.1 Å². The Balaban J connectivity index is 0.000000313. The van der Waals surface area contributed by atoms with Crippen molar-refractivity contribution in [1.82, 2.24) is 21.8 Å². The van der Waals surface area contributed by atoms with Gasteiger partial charge in [-0.1, -0.05) is 114 Å². The van der Waals surface area contributed by atoms with Gasteiger partial charge < -0.3 is 44.9 Å². The molecule has 0 saturated carbocycles. The number of carbonyl (C=O) groups is 8. The Kier molecular flexibility index (Phi) is 40.8. The smallest absolute Gasteiger partial charge is 0.411 e. The van der Waals surface area contributed by atoms with Crippen molar-refractivity contribution in [2.24, 2.45) is 5.92 Å². The molecule has 4 amide bonds. The summed E-state index contributed by atoms with van der Waals surface area (Å²) in [7, 11) is 1.32. The maximum absolute atomic E-state index is 13.4.